The van der Waals surface area contributed by atoms with Crippen LogP contribution in [0.1, 0.15) is 30.7 Å². The van der Waals surface area contributed by atoms with E-state index in [0.717, 1.165) is 9.88 Å². The lowest BCUT2D eigenvalue weighted by molar-refractivity contribution is 0.0954. The van der Waals surface area contributed by atoms with E-state index in [1.807, 2.05) is 20.0 Å². The zero-order valence-electron chi connectivity index (χ0n) is 12.0. The van der Waals surface area contributed by atoms with Gasteiger partial charge in [-0.1, -0.05) is 13.8 Å². The lowest BCUT2D eigenvalue weighted by Crippen LogP contribution is -2.42. The van der Waals surface area contributed by atoms with Crippen LogP contribution < -0.4 is 10.6 Å². The summed E-state index contributed by atoms with van der Waals surface area (Å²) in [6.45, 7) is 9.82. The van der Waals surface area contributed by atoms with E-state index in [1.165, 1.54) is 0 Å². The summed E-state index contributed by atoms with van der Waals surface area (Å²) < 4.78 is 5.47. The first kappa shape index (κ1) is 15.9. The van der Waals surface area contributed by atoms with E-state index in [1.54, 1.807) is 11.3 Å². The maximum absolute atomic E-state index is 11.6. The van der Waals surface area contributed by atoms with Crippen LogP contribution in [0.15, 0.2) is 6.20 Å². The summed E-state index contributed by atoms with van der Waals surface area (Å²) in [5.41, 5.74) is 0. The van der Waals surface area contributed by atoms with Crippen molar-refractivity contribution in [3.05, 3.63) is 16.1 Å². The highest BCUT2D eigenvalue weighted by atomic mass is 32.1. The average molecular weight is 285 g/mol. The largest absolute Gasteiger partial charge is 0.379 e. The number of amides is 2. The molecule has 0 radical (unpaired) electrons. The molecule has 0 aromatic carbocycles. The second-order valence-electron chi connectivity index (χ2n) is 5.02. The van der Waals surface area contributed by atoms with E-state index in [2.05, 4.69) is 29.5 Å². The summed E-state index contributed by atoms with van der Waals surface area (Å²) in [6, 6.07) is -0.190. The highest BCUT2D eigenvalue weighted by molar-refractivity contribution is 7.11. The molecule has 0 saturated heterocycles. The molecule has 0 bridgehead atoms. The molecule has 0 aliphatic rings. The van der Waals surface area contributed by atoms with E-state index in [4.69, 9.17) is 4.74 Å². The standard InChI is InChI=1S/C13H23N3O2S/c1-9(2)7-18-8-10(3)16-13(17)15-6-12-14-5-11(4)19-12/h5,9-10H,6-8H2,1-4H3,(H2,15,16,17)/t10-/m1/s1. The molecule has 1 atom stereocenters. The number of nitrogens with zero attached hydrogens (tertiary/aromatic N) is 1. The fourth-order valence-corrected chi connectivity index (χ4v) is 2.16. The van der Waals surface area contributed by atoms with Crippen LogP contribution in [-0.4, -0.2) is 30.3 Å². The molecular formula is C13H23N3O2S. The Morgan fingerprint density at radius 3 is 2.74 bits per heavy atom. The molecule has 0 saturated carbocycles. The van der Waals surface area contributed by atoms with Gasteiger partial charge in [0, 0.05) is 17.7 Å². The molecule has 0 aliphatic carbocycles. The van der Waals surface area contributed by atoms with Gasteiger partial charge in [0.05, 0.1) is 19.2 Å². The van der Waals surface area contributed by atoms with Gasteiger partial charge in [-0.3, -0.25) is 0 Å². The number of nitrogens with one attached hydrogen (secondary N) is 2. The van der Waals surface area contributed by atoms with Gasteiger partial charge in [0.15, 0.2) is 0 Å². The molecule has 2 amide bonds. The third-order valence-electron chi connectivity index (χ3n) is 2.27. The maximum Gasteiger partial charge on any atom is 0.315 e. The first-order chi connectivity index (χ1) is 8.97. The van der Waals surface area contributed by atoms with Gasteiger partial charge in [0.25, 0.3) is 0 Å². The van der Waals surface area contributed by atoms with E-state index in [-0.39, 0.29) is 12.1 Å². The maximum atomic E-state index is 11.6. The zero-order valence-corrected chi connectivity index (χ0v) is 12.8. The molecule has 0 fully saturated rings. The van der Waals surface area contributed by atoms with Gasteiger partial charge < -0.3 is 15.4 Å². The molecular weight excluding hydrogens is 262 g/mol. The summed E-state index contributed by atoms with van der Waals surface area (Å²) in [7, 11) is 0. The molecule has 6 heteroatoms. The Balaban J connectivity index is 2.16. The van der Waals surface area contributed by atoms with Gasteiger partial charge in [0.1, 0.15) is 5.01 Å². The predicted octanol–water partition coefficient (Wildman–Crippen LogP) is 2.31. The molecule has 1 heterocycles. The fraction of sp³-hybridized carbons (Fsp3) is 0.692. The third kappa shape index (κ3) is 7.12. The van der Waals surface area contributed by atoms with Crippen molar-refractivity contribution in [3.8, 4) is 0 Å². The number of carbonyl (C=O) groups excluding carboxylic acids is 1. The van der Waals surface area contributed by atoms with Gasteiger partial charge in [-0.25, -0.2) is 9.78 Å². The van der Waals surface area contributed by atoms with Gasteiger partial charge in [-0.05, 0) is 19.8 Å². The monoisotopic (exact) mass is 285 g/mol. The van der Waals surface area contributed by atoms with Crippen molar-refractivity contribution in [1.29, 1.82) is 0 Å². The molecule has 1 aromatic heterocycles. The van der Waals surface area contributed by atoms with Crippen molar-refractivity contribution in [1.82, 2.24) is 15.6 Å². The van der Waals surface area contributed by atoms with Crippen LogP contribution in [0.25, 0.3) is 0 Å². The van der Waals surface area contributed by atoms with E-state index in [0.29, 0.717) is 25.7 Å². The quantitative estimate of drug-likeness (QED) is 0.808. The summed E-state index contributed by atoms with van der Waals surface area (Å²) in [4.78, 5) is 17.0. The van der Waals surface area contributed by atoms with Crippen LogP contribution in [0, 0.1) is 12.8 Å². The van der Waals surface area contributed by atoms with Crippen molar-refractivity contribution in [2.24, 2.45) is 5.92 Å². The predicted molar refractivity (Wildman–Crippen MR) is 77.3 cm³/mol. The first-order valence-corrected chi connectivity index (χ1v) is 7.32. The summed E-state index contributed by atoms with van der Waals surface area (Å²) in [5.74, 6) is 0.508. The van der Waals surface area contributed by atoms with Gasteiger partial charge >= 0.3 is 6.03 Å². The first-order valence-electron chi connectivity index (χ1n) is 6.50. The normalized spacial score (nSPS) is 12.5. The molecule has 19 heavy (non-hydrogen) atoms. The number of aromatic nitrogens is 1. The Morgan fingerprint density at radius 1 is 1.42 bits per heavy atom. The molecule has 0 unspecified atom stereocenters. The van der Waals surface area contributed by atoms with Gasteiger partial charge in [-0.2, -0.15) is 0 Å². The lowest BCUT2D eigenvalue weighted by Gasteiger charge is -2.15. The fourth-order valence-electron chi connectivity index (χ4n) is 1.44. The van der Waals surface area contributed by atoms with Gasteiger partial charge in [-0.15, -0.1) is 11.3 Å². The molecule has 1 rings (SSSR count). The summed E-state index contributed by atoms with van der Waals surface area (Å²) >= 11 is 1.59. The van der Waals surface area contributed by atoms with Crippen molar-refractivity contribution in [3.63, 3.8) is 0 Å². The van der Waals surface area contributed by atoms with Gasteiger partial charge in [0.2, 0.25) is 0 Å². The highest BCUT2D eigenvalue weighted by Gasteiger charge is 2.08. The number of urea groups is 1. The topological polar surface area (TPSA) is 63.2 Å². The van der Waals surface area contributed by atoms with E-state index < -0.39 is 0 Å². The second-order valence-corrected chi connectivity index (χ2v) is 6.34. The van der Waals surface area contributed by atoms with Crippen LogP contribution >= 0.6 is 11.3 Å². The minimum absolute atomic E-state index is 0.00298. The summed E-state index contributed by atoms with van der Waals surface area (Å²) in [5, 5.41) is 6.53. The number of rotatable bonds is 7. The molecule has 108 valence electrons. The Labute approximate surface area is 118 Å². The zero-order chi connectivity index (χ0) is 14.3. The average Bonchev–Trinajstić information content (AvgIpc) is 2.72. The smallest absolute Gasteiger partial charge is 0.315 e. The second kappa shape index (κ2) is 8.12. The Kier molecular flexibility index (Phi) is 6.80. The van der Waals surface area contributed by atoms with E-state index >= 15 is 0 Å². The number of ether oxygens (including phenoxy) is 1. The van der Waals surface area contributed by atoms with Crippen molar-refractivity contribution in [2.75, 3.05) is 13.2 Å². The number of thiazole rings is 1. The number of hydrogen-bond acceptors (Lipinski definition) is 4. The van der Waals surface area contributed by atoms with E-state index in [9.17, 15) is 4.79 Å². The third-order valence-corrected chi connectivity index (χ3v) is 3.18. The van der Waals surface area contributed by atoms with Crippen LogP contribution in [0.2, 0.25) is 0 Å². The number of hydrogen-bond donors (Lipinski definition) is 2. The molecule has 5 nitrogen and oxygen atoms in total. The van der Waals surface area contributed by atoms with Crippen LogP contribution in [0.3, 0.4) is 0 Å². The van der Waals surface area contributed by atoms with Crippen molar-refractivity contribution >= 4 is 17.4 Å². The van der Waals surface area contributed by atoms with Crippen molar-refractivity contribution < 1.29 is 9.53 Å². The Morgan fingerprint density at radius 2 is 2.16 bits per heavy atom. The SMILES string of the molecule is Cc1cnc(CNC(=O)N[C@H](C)COCC(C)C)s1. The minimum atomic E-state index is -0.187. The Bertz CT molecular complexity index is 393. The number of aryl methyl sites for hydroxylation is 1. The van der Waals surface area contributed by atoms with Crippen LogP contribution in [0.4, 0.5) is 4.79 Å². The van der Waals surface area contributed by atoms with Crippen LogP contribution in [-0.2, 0) is 11.3 Å². The highest BCUT2D eigenvalue weighted by Crippen LogP contribution is 2.10. The molecule has 0 aliphatic heterocycles. The molecule has 0 spiro atoms. The number of carbonyl (C=O) groups is 1. The molecule has 1 aromatic rings. The lowest BCUT2D eigenvalue weighted by atomic mass is 10.2. The Hall–Kier alpha value is -1.14. The van der Waals surface area contributed by atoms with Crippen molar-refractivity contribution in [2.45, 2.75) is 40.3 Å². The minimum Gasteiger partial charge on any atom is -0.379 e. The summed E-state index contributed by atoms with van der Waals surface area (Å²) in [6.07, 6.45) is 1.81. The molecule has 2 N–H and O–H groups in total. The van der Waals surface area contributed by atoms with Crippen LogP contribution in [0.5, 0.6) is 0 Å².